The second kappa shape index (κ2) is 8.13. The summed E-state index contributed by atoms with van der Waals surface area (Å²) in [5.74, 6) is 0.817. The minimum atomic E-state index is 0.0181. The van der Waals surface area contributed by atoms with Gasteiger partial charge in [0, 0.05) is 59.4 Å². The van der Waals surface area contributed by atoms with Crippen LogP contribution in [0.4, 0.5) is 11.4 Å². The Morgan fingerprint density at radius 2 is 1.97 bits per heavy atom. The maximum atomic E-state index is 13.3. The molecule has 0 bridgehead atoms. The summed E-state index contributed by atoms with van der Waals surface area (Å²) in [5, 5.41) is 13.8. The van der Waals surface area contributed by atoms with Crippen LogP contribution in [-0.4, -0.2) is 27.4 Å². The number of hydrogen-bond donors (Lipinski definition) is 2. The number of hydrogen-bond acceptors (Lipinski definition) is 4. The lowest BCUT2D eigenvalue weighted by Crippen LogP contribution is -2.15. The second-order valence-electron chi connectivity index (χ2n) is 9.99. The summed E-state index contributed by atoms with van der Waals surface area (Å²) >= 11 is 0. The quantitative estimate of drug-likeness (QED) is 0.331. The van der Waals surface area contributed by atoms with E-state index in [9.17, 15) is 4.79 Å². The molecule has 1 aliphatic carbocycles. The first-order chi connectivity index (χ1) is 18.1. The number of carbonyl (C=O) groups is 1. The molecule has 37 heavy (non-hydrogen) atoms. The van der Waals surface area contributed by atoms with Gasteiger partial charge in [-0.2, -0.15) is 5.10 Å². The molecule has 1 aliphatic heterocycles. The van der Waals surface area contributed by atoms with E-state index >= 15 is 0 Å². The number of aromatic nitrogens is 3. The Labute approximate surface area is 215 Å². The van der Waals surface area contributed by atoms with Crippen molar-refractivity contribution in [1.82, 2.24) is 19.7 Å². The van der Waals surface area contributed by atoms with Gasteiger partial charge < -0.3 is 19.9 Å². The standard InChI is InChI=1S/C30H29N5O2/c1-4-13-35-24-12-9-17(32-23-7-5-6-8-25(23)37-3)14-19(24)27-20-15-31-30(36)28(20)26-18(29(27)35)10-11-22-21(26)16-34(2)33-22/h5-9,12,14,16,32H,4,10-11,13,15H2,1-3H3,(H,31,36). The number of ether oxygens (including phenoxy) is 1. The first-order valence-electron chi connectivity index (χ1n) is 12.9. The highest BCUT2D eigenvalue weighted by Gasteiger charge is 2.35. The number of methoxy groups -OCH3 is 1. The summed E-state index contributed by atoms with van der Waals surface area (Å²) in [5.41, 5.74) is 10.9. The number of nitrogens with zero attached hydrogens (tertiary/aromatic N) is 3. The number of para-hydroxylation sites is 2. The van der Waals surface area contributed by atoms with Crippen molar-refractivity contribution in [2.45, 2.75) is 39.3 Å². The van der Waals surface area contributed by atoms with Crippen LogP contribution in [0.15, 0.2) is 48.7 Å². The predicted molar refractivity (Wildman–Crippen MR) is 147 cm³/mol. The fraction of sp³-hybridized carbons (Fsp3) is 0.267. The molecule has 7 nitrogen and oxygen atoms in total. The van der Waals surface area contributed by atoms with Gasteiger partial charge in [-0.3, -0.25) is 9.48 Å². The average molecular weight is 492 g/mol. The zero-order valence-electron chi connectivity index (χ0n) is 21.3. The summed E-state index contributed by atoms with van der Waals surface area (Å²) in [6, 6.07) is 14.5. The first kappa shape index (κ1) is 22.0. The van der Waals surface area contributed by atoms with Gasteiger partial charge in [-0.05, 0) is 60.7 Å². The van der Waals surface area contributed by atoms with Gasteiger partial charge in [0.15, 0.2) is 0 Å². The SMILES string of the molecule is CCCn1c2ccc(Nc3ccccc3OC)cc2c2c3c(c4c(c21)CCc1nn(C)cc1-4)C(=O)NC3. The number of aryl methyl sites for hydroxylation is 4. The molecule has 0 radical (unpaired) electrons. The van der Waals surface area contributed by atoms with Crippen LogP contribution in [0.5, 0.6) is 5.75 Å². The van der Waals surface area contributed by atoms with E-state index in [0.717, 1.165) is 70.9 Å². The Morgan fingerprint density at radius 1 is 1.11 bits per heavy atom. The fourth-order valence-electron chi connectivity index (χ4n) is 6.35. The molecule has 5 aromatic rings. The van der Waals surface area contributed by atoms with Crippen LogP contribution >= 0.6 is 0 Å². The van der Waals surface area contributed by atoms with Gasteiger partial charge >= 0.3 is 0 Å². The Bertz CT molecular complexity index is 1740. The Morgan fingerprint density at radius 3 is 2.81 bits per heavy atom. The van der Waals surface area contributed by atoms with Crippen LogP contribution in [0.3, 0.4) is 0 Å². The van der Waals surface area contributed by atoms with Crippen molar-refractivity contribution in [2.75, 3.05) is 12.4 Å². The summed E-state index contributed by atoms with van der Waals surface area (Å²) in [6.07, 6.45) is 4.87. The van der Waals surface area contributed by atoms with Crippen molar-refractivity contribution < 1.29 is 9.53 Å². The molecule has 7 heteroatoms. The molecule has 0 saturated carbocycles. The van der Waals surface area contributed by atoms with Gasteiger partial charge in [0.25, 0.3) is 5.91 Å². The fourth-order valence-corrected chi connectivity index (χ4v) is 6.35. The molecule has 2 N–H and O–H groups in total. The van der Waals surface area contributed by atoms with Crippen LogP contribution in [0.25, 0.3) is 32.9 Å². The van der Waals surface area contributed by atoms with Crippen LogP contribution in [-0.2, 0) is 33.0 Å². The monoisotopic (exact) mass is 491 g/mol. The molecule has 0 unspecified atom stereocenters. The number of fused-ring (bicyclic) bond motifs is 10. The van der Waals surface area contributed by atoms with Crippen LogP contribution in [0.2, 0.25) is 0 Å². The third kappa shape index (κ3) is 3.13. The zero-order chi connectivity index (χ0) is 25.3. The molecular formula is C30H29N5O2. The van der Waals surface area contributed by atoms with Crippen molar-refractivity contribution in [1.29, 1.82) is 0 Å². The van der Waals surface area contributed by atoms with Crippen molar-refractivity contribution in [2.24, 2.45) is 7.05 Å². The highest BCUT2D eigenvalue weighted by atomic mass is 16.5. The van der Waals surface area contributed by atoms with E-state index in [1.807, 2.05) is 36.0 Å². The number of anilines is 2. The molecule has 0 fully saturated rings. The minimum Gasteiger partial charge on any atom is -0.495 e. The normalized spacial score (nSPS) is 14.0. The number of amides is 1. The number of carbonyl (C=O) groups excluding carboxylic acids is 1. The lowest BCUT2D eigenvalue weighted by atomic mass is 9.82. The highest BCUT2D eigenvalue weighted by molar-refractivity contribution is 6.20. The smallest absolute Gasteiger partial charge is 0.252 e. The molecule has 3 heterocycles. The van der Waals surface area contributed by atoms with Crippen LogP contribution in [0, 0.1) is 0 Å². The summed E-state index contributed by atoms with van der Waals surface area (Å²) in [6.45, 7) is 3.69. The summed E-state index contributed by atoms with van der Waals surface area (Å²) in [7, 11) is 3.65. The third-order valence-corrected chi connectivity index (χ3v) is 7.78. The Hall–Kier alpha value is -4.26. The lowest BCUT2D eigenvalue weighted by molar-refractivity contribution is 0.0966. The molecule has 186 valence electrons. The van der Waals surface area contributed by atoms with Gasteiger partial charge in [0.1, 0.15) is 5.75 Å². The molecule has 0 saturated heterocycles. The van der Waals surface area contributed by atoms with Gasteiger partial charge in [-0.1, -0.05) is 19.1 Å². The second-order valence-corrected chi connectivity index (χ2v) is 9.99. The first-order valence-corrected chi connectivity index (χ1v) is 12.9. The molecule has 7 rings (SSSR count). The van der Waals surface area contributed by atoms with Gasteiger partial charge in [0.05, 0.1) is 29.6 Å². The lowest BCUT2D eigenvalue weighted by Gasteiger charge is -2.21. The largest absolute Gasteiger partial charge is 0.495 e. The maximum Gasteiger partial charge on any atom is 0.252 e. The van der Waals surface area contributed by atoms with Gasteiger partial charge in [0.2, 0.25) is 0 Å². The predicted octanol–water partition coefficient (Wildman–Crippen LogP) is 5.70. The average Bonchev–Trinajstić information content (AvgIpc) is 3.57. The van der Waals surface area contributed by atoms with E-state index in [1.54, 1.807) is 7.11 Å². The van der Waals surface area contributed by atoms with E-state index < -0.39 is 0 Å². The van der Waals surface area contributed by atoms with E-state index in [-0.39, 0.29) is 5.91 Å². The Balaban J connectivity index is 1.54. The number of nitrogens with one attached hydrogen (secondary N) is 2. The molecule has 1 amide bonds. The van der Waals surface area contributed by atoms with E-state index in [4.69, 9.17) is 9.84 Å². The number of rotatable bonds is 5. The van der Waals surface area contributed by atoms with Crippen molar-refractivity contribution in [3.05, 3.63) is 71.0 Å². The Kier molecular flexibility index (Phi) is 4.83. The molecule has 2 aliphatic rings. The van der Waals surface area contributed by atoms with Crippen molar-refractivity contribution >= 4 is 39.1 Å². The molecular weight excluding hydrogens is 462 g/mol. The summed E-state index contributed by atoms with van der Waals surface area (Å²) < 4.78 is 9.91. The van der Waals surface area contributed by atoms with E-state index in [0.29, 0.717) is 6.54 Å². The van der Waals surface area contributed by atoms with Gasteiger partial charge in [-0.25, -0.2) is 0 Å². The topological polar surface area (TPSA) is 73.1 Å². The molecule has 2 aromatic heterocycles. The molecule has 0 atom stereocenters. The van der Waals surface area contributed by atoms with Crippen molar-refractivity contribution in [3.8, 4) is 16.9 Å². The van der Waals surface area contributed by atoms with E-state index in [2.05, 4.69) is 46.5 Å². The maximum absolute atomic E-state index is 13.3. The van der Waals surface area contributed by atoms with E-state index in [1.165, 1.54) is 27.4 Å². The van der Waals surface area contributed by atoms with Crippen LogP contribution in [0.1, 0.15) is 40.5 Å². The van der Waals surface area contributed by atoms with Crippen molar-refractivity contribution in [3.63, 3.8) is 0 Å². The third-order valence-electron chi connectivity index (χ3n) is 7.78. The number of benzene rings is 3. The summed E-state index contributed by atoms with van der Waals surface area (Å²) in [4.78, 5) is 13.3. The minimum absolute atomic E-state index is 0.0181. The zero-order valence-corrected chi connectivity index (χ0v) is 21.3. The molecule has 3 aromatic carbocycles. The molecule has 0 spiro atoms. The van der Waals surface area contributed by atoms with Crippen LogP contribution < -0.4 is 15.4 Å². The van der Waals surface area contributed by atoms with Gasteiger partial charge in [-0.15, -0.1) is 0 Å². The highest BCUT2D eigenvalue weighted by Crippen LogP contribution is 2.47.